The molecule has 0 aliphatic rings. The minimum absolute atomic E-state index is 0.0488. The molecule has 1 atom stereocenters. The zero-order valence-corrected chi connectivity index (χ0v) is 20.2. The van der Waals surface area contributed by atoms with Crippen molar-refractivity contribution in [2.24, 2.45) is 0 Å². The summed E-state index contributed by atoms with van der Waals surface area (Å²) in [6.07, 6.45) is 0.0488. The largest absolute Gasteiger partial charge is 0.493 e. The third-order valence-electron chi connectivity index (χ3n) is 5.32. The van der Waals surface area contributed by atoms with E-state index in [4.69, 9.17) is 9.47 Å². The predicted molar refractivity (Wildman–Crippen MR) is 130 cm³/mol. The molecule has 10 nitrogen and oxygen atoms in total. The van der Waals surface area contributed by atoms with Gasteiger partial charge in [0.1, 0.15) is 6.04 Å². The Hall–Kier alpha value is -3.96. The van der Waals surface area contributed by atoms with E-state index in [-0.39, 0.29) is 34.0 Å². The molecule has 3 rings (SSSR count). The summed E-state index contributed by atoms with van der Waals surface area (Å²) in [5, 5.41) is 13.9. The fourth-order valence-electron chi connectivity index (χ4n) is 3.45. The van der Waals surface area contributed by atoms with Crippen LogP contribution in [0.5, 0.6) is 11.5 Å². The van der Waals surface area contributed by atoms with E-state index in [1.54, 1.807) is 30.3 Å². The van der Waals surface area contributed by atoms with E-state index in [1.165, 1.54) is 57.5 Å². The highest BCUT2D eigenvalue weighted by atomic mass is 32.2. The van der Waals surface area contributed by atoms with Crippen LogP contribution in [0.1, 0.15) is 11.1 Å². The zero-order chi connectivity index (χ0) is 25.6. The number of ether oxygens (including phenoxy) is 2. The van der Waals surface area contributed by atoms with Crippen molar-refractivity contribution in [3.63, 3.8) is 0 Å². The van der Waals surface area contributed by atoms with Gasteiger partial charge in [-0.1, -0.05) is 36.4 Å². The van der Waals surface area contributed by atoms with E-state index < -0.39 is 26.9 Å². The number of rotatable bonds is 10. The van der Waals surface area contributed by atoms with Crippen molar-refractivity contribution < 1.29 is 27.6 Å². The van der Waals surface area contributed by atoms with Crippen LogP contribution in [0.4, 0.5) is 11.4 Å². The lowest BCUT2D eigenvalue weighted by Crippen LogP contribution is -2.45. The monoisotopic (exact) mass is 499 g/mol. The fraction of sp³-hybridized carbons (Fsp3) is 0.208. The lowest BCUT2D eigenvalue weighted by Gasteiger charge is -2.20. The van der Waals surface area contributed by atoms with E-state index in [1.807, 2.05) is 0 Å². The van der Waals surface area contributed by atoms with Crippen LogP contribution in [0.25, 0.3) is 0 Å². The van der Waals surface area contributed by atoms with Crippen molar-refractivity contribution in [2.45, 2.75) is 24.3 Å². The first-order chi connectivity index (χ1) is 16.7. The number of nitro benzene ring substituents is 1. The number of amides is 1. The molecule has 0 aliphatic heterocycles. The summed E-state index contributed by atoms with van der Waals surface area (Å²) in [6.45, 7) is 1.51. The van der Waals surface area contributed by atoms with Crippen LogP contribution < -0.4 is 19.5 Å². The standard InChI is InChI=1S/C24H25N3O7S/c1-16-19(10-7-11-21(16)27(29)30)25-24(28)20(14-17-8-5-4-6-9-17)26-35(31,32)18-12-13-22(33-2)23(15-18)34-3/h4-13,15,20,26H,14H2,1-3H3,(H,25,28). The molecule has 0 fully saturated rings. The Morgan fingerprint density at radius 2 is 1.69 bits per heavy atom. The highest BCUT2D eigenvalue weighted by Crippen LogP contribution is 2.30. The normalized spacial score (nSPS) is 12.0. The van der Waals surface area contributed by atoms with E-state index in [0.717, 1.165) is 5.56 Å². The number of methoxy groups -OCH3 is 2. The molecule has 0 aromatic heterocycles. The van der Waals surface area contributed by atoms with E-state index >= 15 is 0 Å². The average molecular weight is 500 g/mol. The van der Waals surface area contributed by atoms with Crippen LogP contribution >= 0.6 is 0 Å². The average Bonchev–Trinajstić information content (AvgIpc) is 2.84. The van der Waals surface area contributed by atoms with Crippen molar-refractivity contribution in [1.29, 1.82) is 0 Å². The molecule has 0 spiro atoms. The molecule has 35 heavy (non-hydrogen) atoms. The molecule has 0 radical (unpaired) electrons. The summed E-state index contributed by atoms with van der Waals surface area (Å²) in [7, 11) is -1.35. The molecule has 2 N–H and O–H groups in total. The number of sulfonamides is 1. The highest BCUT2D eigenvalue weighted by Gasteiger charge is 2.28. The number of carbonyl (C=O) groups excluding carboxylic acids is 1. The summed E-state index contributed by atoms with van der Waals surface area (Å²) in [5.41, 5.74) is 1.03. The second-order valence-corrected chi connectivity index (χ2v) is 9.29. The molecule has 3 aromatic carbocycles. The molecule has 184 valence electrons. The summed E-state index contributed by atoms with van der Waals surface area (Å²) >= 11 is 0. The Bertz CT molecular complexity index is 1330. The minimum Gasteiger partial charge on any atom is -0.493 e. The van der Waals surface area contributed by atoms with Gasteiger partial charge in [-0.2, -0.15) is 4.72 Å². The first-order valence-electron chi connectivity index (χ1n) is 10.5. The maximum Gasteiger partial charge on any atom is 0.274 e. The smallest absolute Gasteiger partial charge is 0.274 e. The number of anilines is 1. The van der Waals surface area contributed by atoms with Crippen molar-refractivity contribution >= 4 is 27.3 Å². The zero-order valence-electron chi connectivity index (χ0n) is 19.3. The molecule has 0 saturated heterocycles. The molecular weight excluding hydrogens is 474 g/mol. The van der Waals surface area contributed by atoms with E-state index in [2.05, 4.69) is 10.0 Å². The van der Waals surface area contributed by atoms with E-state index in [9.17, 15) is 23.3 Å². The Kier molecular flexibility index (Phi) is 8.05. The number of nitro groups is 1. The maximum absolute atomic E-state index is 13.2. The number of carbonyl (C=O) groups is 1. The Labute approximate surface area is 203 Å². The van der Waals surface area contributed by atoms with E-state index in [0.29, 0.717) is 5.75 Å². The number of nitrogens with one attached hydrogen (secondary N) is 2. The van der Waals surface area contributed by atoms with Crippen molar-refractivity contribution in [3.8, 4) is 11.5 Å². The first-order valence-corrected chi connectivity index (χ1v) is 12.0. The molecular formula is C24H25N3O7S. The summed E-state index contributed by atoms with van der Waals surface area (Å²) in [4.78, 5) is 23.8. The van der Waals surface area contributed by atoms with Crippen LogP contribution in [-0.2, 0) is 21.2 Å². The molecule has 3 aromatic rings. The summed E-state index contributed by atoms with van der Waals surface area (Å²) < 4.78 is 39.2. The number of hydrogen-bond acceptors (Lipinski definition) is 7. The molecule has 0 heterocycles. The topological polar surface area (TPSA) is 137 Å². The minimum atomic E-state index is -4.16. The first kappa shape index (κ1) is 25.7. The number of hydrogen-bond donors (Lipinski definition) is 2. The molecule has 11 heteroatoms. The van der Waals surface area contributed by atoms with Crippen molar-refractivity contribution in [3.05, 3.63) is 88.0 Å². The van der Waals surface area contributed by atoms with Crippen molar-refractivity contribution in [1.82, 2.24) is 4.72 Å². The van der Waals surface area contributed by atoms with Gasteiger partial charge >= 0.3 is 0 Å². The van der Waals surface area contributed by atoms with Gasteiger partial charge in [-0.25, -0.2) is 8.42 Å². The second kappa shape index (κ2) is 11.0. The van der Waals surface area contributed by atoms with Crippen LogP contribution in [0.3, 0.4) is 0 Å². The SMILES string of the molecule is COc1ccc(S(=O)(=O)NC(Cc2ccccc2)C(=O)Nc2cccc([N+](=O)[O-])c2C)cc1OC. The summed E-state index contributed by atoms with van der Waals surface area (Å²) in [5.74, 6) is -0.0978. The van der Waals surface area contributed by atoms with Crippen LogP contribution in [-0.4, -0.2) is 39.5 Å². The van der Waals surface area contributed by atoms with Crippen LogP contribution in [0, 0.1) is 17.0 Å². The summed E-state index contributed by atoms with van der Waals surface area (Å²) in [6, 6.07) is 16.0. The van der Waals surface area contributed by atoms with Crippen LogP contribution in [0.15, 0.2) is 71.6 Å². The second-order valence-electron chi connectivity index (χ2n) is 7.58. The highest BCUT2D eigenvalue weighted by molar-refractivity contribution is 7.89. The van der Waals surface area contributed by atoms with Gasteiger partial charge in [0.05, 0.1) is 35.3 Å². The third-order valence-corrected chi connectivity index (χ3v) is 6.79. The van der Waals surface area contributed by atoms with Gasteiger partial charge in [0.25, 0.3) is 5.69 Å². The number of benzene rings is 3. The quantitative estimate of drug-likeness (QED) is 0.322. The van der Waals surface area contributed by atoms with Gasteiger partial charge < -0.3 is 14.8 Å². The fourth-order valence-corrected chi connectivity index (χ4v) is 4.66. The van der Waals surface area contributed by atoms with Crippen molar-refractivity contribution in [2.75, 3.05) is 19.5 Å². The Morgan fingerprint density at radius 3 is 2.31 bits per heavy atom. The Balaban J connectivity index is 1.94. The molecule has 1 unspecified atom stereocenters. The molecule has 0 saturated carbocycles. The lowest BCUT2D eigenvalue weighted by molar-refractivity contribution is -0.385. The van der Waals surface area contributed by atoms with Gasteiger partial charge in [0, 0.05) is 12.1 Å². The molecule has 0 aliphatic carbocycles. The van der Waals surface area contributed by atoms with Gasteiger partial charge in [0.15, 0.2) is 11.5 Å². The van der Waals surface area contributed by atoms with Gasteiger partial charge in [-0.05, 0) is 37.1 Å². The maximum atomic E-state index is 13.2. The van der Waals surface area contributed by atoms with Crippen LogP contribution in [0.2, 0.25) is 0 Å². The lowest BCUT2D eigenvalue weighted by atomic mass is 10.1. The van der Waals surface area contributed by atoms with Gasteiger partial charge in [-0.3, -0.25) is 14.9 Å². The molecule has 0 bridgehead atoms. The molecule has 1 amide bonds. The third kappa shape index (κ3) is 6.14. The van der Waals surface area contributed by atoms with Gasteiger partial charge in [0.2, 0.25) is 15.9 Å². The predicted octanol–water partition coefficient (Wildman–Crippen LogP) is 3.45. The Morgan fingerprint density at radius 1 is 1.00 bits per heavy atom. The van der Waals surface area contributed by atoms with Gasteiger partial charge in [-0.15, -0.1) is 0 Å². The number of nitrogens with zero attached hydrogens (tertiary/aromatic N) is 1.